The maximum atomic E-state index is 11.5. The smallest absolute Gasteiger partial charge is 0.345 e. The van der Waals surface area contributed by atoms with E-state index < -0.39 is 18.2 Å². The lowest BCUT2D eigenvalue weighted by Crippen LogP contribution is -2.40. The van der Waals surface area contributed by atoms with E-state index in [0.29, 0.717) is 5.56 Å². The second-order valence-electron chi connectivity index (χ2n) is 3.10. The van der Waals surface area contributed by atoms with Gasteiger partial charge in [0.2, 0.25) is 5.60 Å². The first kappa shape index (κ1) is 11.7. The molecule has 0 spiro atoms. The summed E-state index contributed by atoms with van der Waals surface area (Å²) < 4.78 is 4.70. The monoisotopic (exact) mass is 210 g/mol. The average molecular weight is 210 g/mol. The number of benzene rings is 1. The molecule has 0 bridgehead atoms. The first-order valence-corrected chi connectivity index (χ1v) is 4.71. The van der Waals surface area contributed by atoms with E-state index in [2.05, 4.69) is 0 Å². The molecule has 1 unspecified atom stereocenters. The van der Waals surface area contributed by atoms with Crippen LogP contribution in [0.3, 0.4) is 0 Å². The van der Waals surface area contributed by atoms with Crippen molar-refractivity contribution in [1.29, 1.82) is 0 Å². The van der Waals surface area contributed by atoms with Gasteiger partial charge in [-0.15, -0.1) is 0 Å². The van der Waals surface area contributed by atoms with Crippen LogP contribution in [0.2, 0.25) is 0 Å². The lowest BCUT2D eigenvalue weighted by molar-refractivity contribution is -0.170. The second kappa shape index (κ2) is 4.91. The van der Waals surface area contributed by atoms with Crippen molar-refractivity contribution in [2.24, 2.45) is 0 Å². The molecule has 0 aliphatic heterocycles. The molecule has 0 fully saturated rings. The maximum Gasteiger partial charge on any atom is 0.345 e. The van der Waals surface area contributed by atoms with Gasteiger partial charge in [-0.25, -0.2) is 4.79 Å². The summed E-state index contributed by atoms with van der Waals surface area (Å²) in [6.45, 7) is 1.10. The van der Waals surface area contributed by atoms with Gasteiger partial charge in [0.1, 0.15) is 0 Å². The van der Waals surface area contributed by atoms with Gasteiger partial charge in [0.25, 0.3) is 0 Å². The summed E-state index contributed by atoms with van der Waals surface area (Å²) in [5.41, 5.74) is -1.64. The molecule has 0 amide bonds. The number of ether oxygens (including phenoxy) is 1. The van der Waals surface area contributed by atoms with Gasteiger partial charge < -0.3 is 14.9 Å². The minimum atomic E-state index is -1.96. The summed E-state index contributed by atoms with van der Waals surface area (Å²) in [5.74, 6) is -0.835. The Hall–Kier alpha value is -1.39. The van der Waals surface area contributed by atoms with E-state index >= 15 is 0 Å². The molecule has 1 rings (SSSR count). The largest absolute Gasteiger partial charge is 0.464 e. The minimum Gasteiger partial charge on any atom is -0.464 e. The molecular formula is C11H14O4. The second-order valence-corrected chi connectivity index (χ2v) is 3.10. The predicted molar refractivity (Wildman–Crippen MR) is 54.1 cm³/mol. The molecule has 4 nitrogen and oxygen atoms in total. The van der Waals surface area contributed by atoms with Crippen LogP contribution < -0.4 is 0 Å². The lowest BCUT2D eigenvalue weighted by atomic mass is 9.95. The third kappa shape index (κ3) is 2.34. The van der Waals surface area contributed by atoms with Gasteiger partial charge in [-0.1, -0.05) is 30.3 Å². The number of carbonyl (C=O) groups excluding carboxylic acids is 1. The molecule has 1 aromatic rings. The highest BCUT2D eigenvalue weighted by Gasteiger charge is 2.38. The molecule has 0 heterocycles. The molecule has 0 aliphatic carbocycles. The van der Waals surface area contributed by atoms with Gasteiger partial charge in [-0.2, -0.15) is 0 Å². The van der Waals surface area contributed by atoms with Crippen molar-refractivity contribution in [3.63, 3.8) is 0 Å². The number of hydrogen-bond acceptors (Lipinski definition) is 4. The van der Waals surface area contributed by atoms with Crippen molar-refractivity contribution < 1.29 is 19.7 Å². The Balaban J connectivity index is 3.00. The van der Waals surface area contributed by atoms with E-state index in [9.17, 15) is 9.90 Å². The zero-order valence-corrected chi connectivity index (χ0v) is 8.51. The van der Waals surface area contributed by atoms with Gasteiger partial charge in [-0.3, -0.25) is 0 Å². The molecule has 0 aromatic heterocycles. The van der Waals surface area contributed by atoms with Crippen LogP contribution in [0.1, 0.15) is 12.5 Å². The number of aliphatic hydroxyl groups is 2. The number of aliphatic hydroxyl groups excluding tert-OH is 1. The topological polar surface area (TPSA) is 66.8 Å². The summed E-state index contributed by atoms with van der Waals surface area (Å²) in [5, 5.41) is 19.1. The number of esters is 1. The number of rotatable bonds is 4. The van der Waals surface area contributed by atoms with Crippen molar-refractivity contribution in [2.75, 3.05) is 13.2 Å². The van der Waals surface area contributed by atoms with Gasteiger partial charge in [-0.05, 0) is 12.5 Å². The van der Waals surface area contributed by atoms with E-state index in [1.165, 1.54) is 0 Å². The van der Waals surface area contributed by atoms with E-state index in [-0.39, 0.29) is 6.61 Å². The van der Waals surface area contributed by atoms with Crippen molar-refractivity contribution >= 4 is 5.97 Å². The van der Waals surface area contributed by atoms with Crippen molar-refractivity contribution in [2.45, 2.75) is 12.5 Å². The van der Waals surface area contributed by atoms with Crippen LogP contribution in [0.15, 0.2) is 30.3 Å². The molecular weight excluding hydrogens is 196 g/mol. The fourth-order valence-electron chi connectivity index (χ4n) is 1.24. The Labute approximate surface area is 88.1 Å². The third-order valence-electron chi connectivity index (χ3n) is 2.09. The normalized spacial score (nSPS) is 14.3. The summed E-state index contributed by atoms with van der Waals surface area (Å²) in [6, 6.07) is 8.23. The van der Waals surface area contributed by atoms with Gasteiger partial charge in [0.05, 0.1) is 13.2 Å². The minimum absolute atomic E-state index is 0.161. The Morgan fingerprint density at radius 2 is 2.00 bits per heavy atom. The molecule has 82 valence electrons. The van der Waals surface area contributed by atoms with Crippen LogP contribution in [0.25, 0.3) is 0 Å². The van der Waals surface area contributed by atoms with Crippen LogP contribution >= 0.6 is 0 Å². The average Bonchev–Trinajstić information content (AvgIpc) is 2.29. The highest BCUT2D eigenvalue weighted by molar-refractivity contribution is 5.81. The molecule has 15 heavy (non-hydrogen) atoms. The van der Waals surface area contributed by atoms with Crippen LogP contribution in [-0.2, 0) is 15.1 Å². The standard InChI is InChI=1S/C11H14O4/c1-2-15-10(13)11(14,8-12)9-6-4-3-5-7-9/h3-7,12,14H,2,8H2,1H3. The Bertz CT molecular complexity index is 323. The van der Waals surface area contributed by atoms with Crippen molar-refractivity contribution in [3.8, 4) is 0 Å². The molecule has 4 heteroatoms. The molecule has 0 aliphatic rings. The SMILES string of the molecule is CCOC(=O)C(O)(CO)c1ccccc1. The fourth-order valence-corrected chi connectivity index (χ4v) is 1.24. The van der Waals surface area contributed by atoms with Gasteiger partial charge in [0, 0.05) is 0 Å². The van der Waals surface area contributed by atoms with E-state index in [1.807, 2.05) is 0 Å². The first-order valence-electron chi connectivity index (χ1n) is 4.71. The fraction of sp³-hybridized carbons (Fsp3) is 0.364. The lowest BCUT2D eigenvalue weighted by Gasteiger charge is -2.23. The van der Waals surface area contributed by atoms with E-state index in [0.717, 1.165) is 0 Å². The van der Waals surface area contributed by atoms with Crippen LogP contribution in [0.5, 0.6) is 0 Å². The highest BCUT2D eigenvalue weighted by Crippen LogP contribution is 2.21. The molecule has 0 saturated heterocycles. The number of hydrogen-bond donors (Lipinski definition) is 2. The first-order chi connectivity index (χ1) is 7.15. The van der Waals surface area contributed by atoms with Crippen LogP contribution in [-0.4, -0.2) is 29.4 Å². The Morgan fingerprint density at radius 1 is 1.40 bits per heavy atom. The zero-order valence-electron chi connectivity index (χ0n) is 8.51. The van der Waals surface area contributed by atoms with E-state index in [4.69, 9.17) is 9.84 Å². The summed E-state index contributed by atoms with van der Waals surface area (Å²) in [4.78, 5) is 11.5. The Kier molecular flexibility index (Phi) is 3.82. The quantitative estimate of drug-likeness (QED) is 0.707. The summed E-state index contributed by atoms with van der Waals surface area (Å²) in [6.07, 6.45) is 0. The van der Waals surface area contributed by atoms with Gasteiger partial charge in [0.15, 0.2) is 0 Å². The Morgan fingerprint density at radius 3 is 2.47 bits per heavy atom. The van der Waals surface area contributed by atoms with Crippen LogP contribution in [0.4, 0.5) is 0 Å². The van der Waals surface area contributed by atoms with E-state index in [1.54, 1.807) is 37.3 Å². The van der Waals surface area contributed by atoms with Gasteiger partial charge >= 0.3 is 5.97 Å². The van der Waals surface area contributed by atoms with Crippen molar-refractivity contribution in [1.82, 2.24) is 0 Å². The highest BCUT2D eigenvalue weighted by atomic mass is 16.6. The third-order valence-corrected chi connectivity index (χ3v) is 2.09. The number of carbonyl (C=O) groups is 1. The maximum absolute atomic E-state index is 11.5. The summed E-state index contributed by atoms with van der Waals surface area (Å²) >= 11 is 0. The molecule has 0 saturated carbocycles. The van der Waals surface area contributed by atoms with Crippen LogP contribution in [0, 0.1) is 0 Å². The zero-order chi connectivity index (χ0) is 11.3. The molecule has 0 radical (unpaired) electrons. The molecule has 1 aromatic carbocycles. The summed E-state index contributed by atoms with van der Waals surface area (Å²) in [7, 11) is 0. The predicted octanol–water partition coefficient (Wildman–Crippen LogP) is 0.430. The van der Waals surface area contributed by atoms with Crippen molar-refractivity contribution in [3.05, 3.63) is 35.9 Å². The molecule has 1 atom stereocenters. The molecule has 2 N–H and O–H groups in total.